The number of carbonyl (C=O) groups excluding carboxylic acids is 1. The lowest BCUT2D eigenvalue weighted by Gasteiger charge is -2.06. The van der Waals surface area contributed by atoms with Gasteiger partial charge in [-0.05, 0) is 34.7 Å². The van der Waals surface area contributed by atoms with Crippen LogP contribution in [0.15, 0.2) is 23.6 Å². The van der Waals surface area contributed by atoms with Gasteiger partial charge < -0.3 is 11.1 Å². The Hall–Kier alpha value is -1.22. The summed E-state index contributed by atoms with van der Waals surface area (Å²) >= 11 is 3.13. The lowest BCUT2D eigenvalue weighted by molar-refractivity contribution is -0.115. The van der Waals surface area contributed by atoms with Gasteiger partial charge in [-0.15, -0.1) is 11.3 Å². The molecule has 4 nitrogen and oxygen atoms in total. The highest BCUT2D eigenvalue weighted by atomic mass is 127. The molecule has 1 aromatic heterocycles. The molecule has 0 fully saturated rings. The summed E-state index contributed by atoms with van der Waals surface area (Å²) in [4.78, 5) is 15.7. The van der Waals surface area contributed by atoms with Gasteiger partial charge in [-0.25, -0.2) is 9.37 Å². The van der Waals surface area contributed by atoms with E-state index in [1.165, 1.54) is 17.4 Å². The van der Waals surface area contributed by atoms with Crippen molar-refractivity contribution >= 4 is 50.7 Å². The molecule has 0 aliphatic heterocycles. The molecule has 1 amide bonds. The number of nitrogen functional groups attached to an aromatic ring is 1. The van der Waals surface area contributed by atoms with Gasteiger partial charge in [-0.3, -0.25) is 4.79 Å². The molecule has 0 saturated heterocycles. The molecule has 3 N–H and O–H groups in total. The minimum Gasteiger partial charge on any atom is -0.375 e. The molecule has 18 heavy (non-hydrogen) atoms. The molecule has 1 heterocycles. The maximum absolute atomic E-state index is 13.3. The van der Waals surface area contributed by atoms with Crippen molar-refractivity contribution in [2.45, 2.75) is 6.42 Å². The number of nitrogens with zero attached hydrogens (tertiary/aromatic N) is 1. The minimum atomic E-state index is -0.355. The lowest BCUT2D eigenvalue weighted by atomic mass is 10.3. The van der Waals surface area contributed by atoms with Crippen LogP contribution < -0.4 is 11.1 Å². The second-order valence-corrected chi connectivity index (χ2v) is 5.47. The average Bonchev–Trinajstić information content (AvgIpc) is 2.70. The number of anilines is 2. The molecule has 2 aromatic rings. The smallest absolute Gasteiger partial charge is 0.230 e. The number of rotatable bonds is 3. The average molecular weight is 377 g/mol. The number of nitrogens with two attached hydrogens (primary N) is 1. The van der Waals surface area contributed by atoms with Crippen LogP contribution in [0.2, 0.25) is 0 Å². The van der Waals surface area contributed by atoms with Crippen LogP contribution in [0.3, 0.4) is 0 Å². The van der Waals surface area contributed by atoms with Crippen LogP contribution in [0.5, 0.6) is 0 Å². The van der Waals surface area contributed by atoms with Gasteiger partial charge in [-0.2, -0.15) is 0 Å². The minimum absolute atomic E-state index is 0.125. The topological polar surface area (TPSA) is 68.0 Å². The van der Waals surface area contributed by atoms with Gasteiger partial charge in [0.25, 0.3) is 0 Å². The number of carbonyl (C=O) groups is 1. The van der Waals surface area contributed by atoms with Crippen LogP contribution in [0.1, 0.15) is 5.69 Å². The Morgan fingerprint density at radius 2 is 2.33 bits per heavy atom. The van der Waals surface area contributed by atoms with Crippen molar-refractivity contribution in [2.75, 3.05) is 11.1 Å². The van der Waals surface area contributed by atoms with Gasteiger partial charge in [0, 0.05) is 5.38 Å². The van der Waals surface area contributed by atoms with E-state index in [1.807, 2.05) is 22.6 Å². The molecule has 7 heteroatoms. The van der Waals surface area contributed by atoms with E-state index in [0.717, 1.165) is 0 Å². The first-order valence-corrected chi connectivity index (χ1v) is 6.96. The van der Waals surface area contributed by atoms with Crippen LogP contribution >= 0.6 is 33.9 Å². The van der Waals surface area contributed by atoms with Crippen LogP contribution in [0, 0.1) is 9.39 Å². The molecular formula is C11H9FIN3OS. The Labute approximate surface area is 121 Å². The normalized spacial score (nSPS) is 10.3. The Bertz CT molecular complexity index is 587. The van der Waals surface area contributed by atoms with E-state index < -0.39 is 0 Å². The molecule has 0 unspecified atom stereocenters. The second kappa shape index (κ2) is 5.61. The molecule has 0 saturated carbocycles. The molecule has 0 bridgehead atoms. The Balaban J connectivity index is 2.05. The number of nitrogens with one attached hydrogen (secondary N) is 1. The lowest BCUT2D eigenvalue weighted by Crippen LogP contribution is -2.15. The van der Waals surface area contributed by atoms with Crippen LogP contribution in [0.25, 0.3) is 0 Å². The predicted molar refractivity (Wildman–Crippen MR) is 78.0 cm³/mol. The SMILES string of the molecule is Nc1nc(CC(=O)Nc2cccc(F)c2I)cs1. The van der Waals surface area contributed by atoms with Gasteiger partial charge in [-0.1, -0.05) is 6.07 Å². The third kappa shape index (κ3) is 3.16. The fourth-order valence-electron chi connectivity index (χ4n) is 1.36. The Kier molecular flexibility index (Phi) is 4.12. The Morgan fingerprint density at radius 1 is 1.56 bits per heavy atom. The van der Waals surface area contributed by atoms with E-state index in [4.69, 9.17) is 5.73 Å². The summed E-state index contributed by atoms with van der Waals surface area (Å²) in [6.07, 6.45) is 0.125. The zero-order valence-corrected chi connectivity index (χ0v) is 12.1. The second-order valence-electron chi connectivity index (χ2n) is 3.50. The van der Waals surface area contributed by atoms with Crippen LogP contribution in [-0.4, -0.2) is 10.9 Å². The van der Waals surface area contributed by atoms with Gasteiger partial charge >= 0.3 is 0 Å². The summed E-state index contributed by atoms with van der Waals surface area (Å²) in [6.45, 7) is 0. The standard InChI is InChI=1S/C11H9FIN3OS/c12-7-2-1-3-8(10(7)13)16-9(17)4-6-5-18-11(14)15-6/h1-3,5H,4H2,(H2,14,15)(H,16,17). The van der Waals surface area contributed by atoms with Crippen molar-refractivity contribution in [1.29, 1.82) is 0 Å². The summed E-state index contributed by atoms with van der Waals surface area (Å²) in [6, 6.07) is 4.55. The van der Waals surface area contributed by atoms with Gasteiger partial charge in [0.1, 0.15) is 5.82 Å². The van der Waals surface area contributed by atoms with E-state index in [-0.39, 0.29) is 18.1 Å². The molecule has 0 radical (unpaired) electrons. The van der Waals surface area contributed by atoms with E-state index in [2.05, 4.69) is 10.3 Å². The number of aromatic nitrogens is 1. The monoisotopic (exact) mass is 377 g/mol. The number of amides is 1. The molecule has 0 atom stereocenters. The molecule has 0 aliphatic carbocycles. The predicted octanol–water partition coefficient (Wildman–Crippen LogP) is 2.65. The highest BCUT2D eigenvalue weighted by Crippen LogP contribution is 2.21. The van der Waals surface area contributed by atoms with Crippen molar-refractivity contribution < 1.29 is 9.18 Å². The third-order valence-corrected chi connectivity index (χ3v) is 3.96. The van der Waals surface area contributed by atoms with Gasteiger partial charge in [0.05, 0.1) is 21.4 Å². The number of benzene rings is 1. The largest absolute Gasteiger partial charge is 0.375 e. The molecule has 1 aromatic carbocycles. The number of thiazole rings is 1. The summed E-state index contributed by atoms with van der Waals surface area (Å²) in [5, 5.41) is 4.80. The van der Waals surface area contributed by atoms with Gasteiger partial charge in [0.2, 0.25) is 5.91 Å². The van der Waals surface area contributed by atoms with Crippen molar-refractivity contribution in [1.82, 2.24) is 4.98 Å². The van der Waals surface area contributed by atoms with Gasteiger partial charge in [0.15, 0.2) is 5.13 Å². The first-order valence-electron chi connectivity index (χ1n) is 5.00. The van der Waals surface area contributed by atoms with E-state index in [9.17, 15) is 9.18 Å². The molecule has 2 rings (SSSR count). The summed E-state index contributed by atoms with van der Waals surface area (Å²) in [5.41, 5.74) is 6.55. The number of hydrogen-bond donors (Lipinski definition) is 2. The van der Waals surface area contributed by atoms with Crippen molar-refractivity contribution in [3.8, 4) is 0 Å². The molecule has 94 valence electrons. The molecular weight excluding hydrogens is 368 g/mol. The zero-order chi connectivity index (χ0) is 13.1. The molecule has 0 aliphatic rings. The summed E-state index contributed by atoms with van der Waals surface area (Å²) in [5.74, 6) is -0.602. The quantitative estimate of drug-likeness (QED) is 0.809. The zero-order valence-electron chi connectivity index (χ0n) is 9.11. The van der Waals surface area contributed by atoms with E-state index in [0.29, 0.717) is 20.1 Å². The maximum atomic E-state index is 13.3. The fourth-order valence-corrected chi connectivity index (χ4v) is 2.42. The third-order valence-electron chi connectivity index (χ3n) is 2.14. The highest BCUT2D eigenvalue weighted by molar-refractivity contribution is 14.1. The van der Waals surface area contributed by atoms with Crippen molar-refractivity contribution in [3.63, 3.8) is 0 Å². The summed E-state index contributed by atoms with van der Waals surface area (Å²) in [7, 11) is 0. The highest BCUT2D eigenvalue weighted by Gasteiger charge is 2.10. The van der Waals surface area contributed by atoms with Crippen LogP contribution in [-0.2, 0) is 11.2 Å². The van der Waals surface area contributed by atoms with Crippen molar-refractivity contribution in [2.24, 2.45) is 0 Å². The first-order chi connectivity index (χ1) is 8.56. The molecule has 0 spiro atoms. The van der Waals surface area contributed by atoms with Crippen LogP contribution in [0.4, 0.5) is 15.2 Å². The fraction of sp³-hybridized carbons (Fsp3) is 0.0909. The van der Waals surface area contributed by atoms with E-state index >= 15 is 0 Å². The summed E-state index contributed by atoms with van der Waals surface area (Å²) < 4.78 is 13.7. The maximum Gasteiger partial charge on any atom is 0.230 e. The first kappa shape index (κ1) is 13.2. The van der Waals surface area contributed by atoms with E-state index in [1.54, 1.807) is 17.5 Å². The van der Waals surface area contributed by atoms with Crippen molar-refractivity contribution in [3.05, 3.63) is 38.7 Å². The number of halogens is 2. The number of hydrogen-bond acceptors (Lipinski definition) is 4. The Morgan fingerprint density at radius 3 is 3.00 bits per heavy atom.